The van der Waals surface area contributed by atoms with Crippen LogP contribution in [0.4, 0.5) is 30.1 Å². The van der Waals surface area contributed by atoms with E-state index in [2.05, 4.69) is 35.6 Å². The van der Waals surface area contributed by atoms with E-state index in [-0.39, 0.29) is 75.6 Å². The number of nitrogens with two attached hydrogens (primary N) is 1. The van der Waals surface area contributed by atoms with Crippen LogP contribution in [0.1, 0.15) is 47.7 Å². The van der Waals surface area contributed by atoms with E-state index in [9.17, 15) is 38.7 Å². The van der Waals surface area contributed by atoms with E-state index in [1.807, 2.05) is 30.3 Å². The summed E-state index contributed by atoms with van der Waals surface area (Å²) in [5.74, 6) is -3.62. The molecular weight excluding hydrogens is 846 g/mol. The number of aromatic nitrogens is 1. The molecule has 1 aliphatic rings. The number of nitrogens with zero attached hydrogens (tertiary/aromatic N) is 3. The third kappa shape index (κ3) is 13.6. The van der Waals surface area contributed by atoms with Gasteiger partial charge in [-0.1, -0.05) is 62.1 Å². The summed E-state index contributed by atoms with van der Waals surface area (Å²) in [5, 5.41) is 17.5. The Morgan fingerprint density at radius 3 is 2.19 bits per heavy atom. The van der Waals surface area contributed by atoms with E-state index < -0.39 is 66.9 Å². The largest absolute Gasteiger partial charge is 0.477 e. The van der Waals surface area contributed by atoms with Crippen molar-refractivity contribution in [1.29, 1.82) is 0 Å². The third-order valence-corrected chi connectivity index (χ3v) is 12.4. The zero-order valence-corrected chi connectivity index (χ0v) is 37.5. The fraction of sp³-hybridized carbons (Fsp3) is 0.400. The van der Waals surface area contributed by atoms with Crippen molar-refractivity contribution in [3.63, 3.8) is 0 Å². The summed E-state index contributed by atoms with van der Waals surface area (Å²) in [6.45, 7) is 9.54. The van der Waals surface area contributed by atoms with Crippen molar-refractivity contribution in [2.75, 3.05) is 42.9 Å². The molecule has 2 heterocycles. The number of carbonyl (C=O) groups is 6. The maximum absolute atomic E-state index is 15.4. The first-order valence-corrected chi connectivity index (χ1v) is 24.8. The highest BCUT2D eigenvalue weighted by Gasteiger charge is 2.32. The molecule has 1 aromatic heterocycles. The first kappa shape index (κ1) is 48.3. The number of urea groups is 1. The molecule has 0 saturated carbocycles. The quantitative estimate of drug-likeness (QED) is 0.0548. The number of pyridine rings is 1. The molecule has 0 bridgehead atoms. The number of aromatic carboxylic acids is 1. The maximum Gasteiger partial charge on any atom is 0.410 e. The number of benzene rings is 3. The molecule has 64 heavy (non-hydrogen) atoms. The molecule has 5 rings (SSSR count). The minimum absolute atomic E-state index is 0.0286. The molecule has 342 valence electrons. The molecule has 4 aromatic rings. The second kappa shape index (κ2) is 22.0. The van der Waals surface area contributed by atoms with Crippen molar-refractivity contribution in [1.82, 2.24) is 20.1 Å². The van der Waals surface area contributed by atoms with Crippen LogP contribution in [0.15, 0.2) is 77.7 Å². The Labute approximate surface area is 371 Å². The van der Waals surface area contributed by atoms with E-state index in [4.69, 9.17) is 15.2 Å². The van der Waals surface area contributed by atoms with Crippen molar-refractivity contribution in [3.8, 4) is 0 Å². The van der Waals surface area contributed by atoms with Gasteiger partial charge in [-0.05, 0) is 61.2 Å². The lowest BCUT2D eigenvalue weighted by molar-refractivity contribution is -0.127. The fourth-order valence-corrected chi connectivity index (χ4v) is 8.94. The standard InChI is InChI=1S/C45H56FN7O10Si/c1-5-51-25-34(42(57)58)40(55)33-23-35(46)38(24-37(33)51)52-18-20-53(21-19-52)45(61)63-27-30-13-15-32(16-14-30)49-41(56)31(12-9-17-48-43(47)59)22-39(54)36(28-64(2,3)4)50-44(60)62-26-29-10-7-6-8-11-29/h6-8,10-11,13-16,23-25,31,36H,5,9,12,17-22,26-28H2,1-4H3,(H,49,56)(H,50,60)(H,57,58)(H3,47,48,59)/t31-,36+/m1/s1. The highest BCUT2D eigenvalue weighted by atomic mass is 28.3. The van der Waals surface area contributed by atoms with E-state index in [0.717, 1.165) is 11.6 Å². The average molecular weight is 902 g/mol. The number of carbonyl (C=O) groups excluding carboxylic acids is 5. The molecule has 19 heteroatoms. The van der Waals surface area contributed by atoms with Crippen molar-refractivity contribution in [2.45, 2.75) is 77.7 Å². The summed E-state index contributed by atoms with van der Waals surface area (Å²) in [5.41, 5.74) is 6.52. The Kier molecular flexibility index (Phi) is 16.6. The van der Waals surface area contributed by atoms with Gasteiger partial charge in [-0.3, -0.25) is 14.4 Å². The van der Waals surface area contributed by atoms with Gasteiger partial charge in [0.2, 0.25) is 11.3 Å². The summed E-state index contributed by atoms with van der Waals surface area (Å²) >= 11 is 0. The lowest BCUT2D eigenvalue weighted by atomic mass is 9.93. The molecule has 0 aliphatic carbocycles. The van der Waals surface area contributed by atoms with Gasteiger partial charge >= 0.3 is 24.2 Å². The summed E-state index contributed by atoms with van der Waals surface area (Å²) in [6.07, 6.45) is 0.379. The SMILES string of the molecule is CCn1cc(C(=O)O)c(=O)c2cc(F)c(N3CCN(C(=O)OCc4ccc(NC(=O)[C@H](CCCNC(N)=O)CC(=O)[C@H](C[Si](C)(C)C)NC(=O)OCc5ccccc5)cc4)CC3)cc21. The zero-order chi connectivity index (χ0) is 46.6. The van der Waals surface area contributed by atoms with E-state index in [0.29, 0.717) is 35.8 Å². The minimum Gasteiger partial charge on any atom is -0.477 e. The number of fused-ring (bicyclic) bond motifs is 1. The van der Waals surface area contributed by atoms with Crippen LogP contribution in [0.5, 0.6) is 0 Å². The first-order valence-electron chi connectivity index (χ1n) is 21.1. The molecule has 0 unspecified atom stereocenters. The average Bonchev–Trinajstić information content (AvgIpc) is 3.26. The van der Waals surface area contributed by atoms with Gasteiger partial charge in [0.1, 0.15) is 24.6 Å². The normalized spacial score (nSPS) is 13.7. The monoisotopic (exact) mass is 901 g/mol. The van der Waals surface area contributed by atoms with Crippen LogP contribution in [0.2, 0.25) is 25.7 Å². The number of aryl methyl sites for hydroxylation is 1. The number of Topliss-reactive ketones (excluding diaryl/α,β-unsaturated/α-hetero) is 1. The Bertz CT molecular complexity index is 2380. The van der Waals surface area contributed by atoms with Crippen LogP contribution in [0.25, 0.3) is 10.9 Å². The summed E-state index contributed by atoms with van der Waals surface area (Å²) in [6, 6.07) is 17.2. The summed E-state index contributed by atoms with van der Waals surface area (Å²) < 4.78 is 27.9. The number of amides is 5. The van der Waals surface area contributed by atoms with Gasteiger partial charge < -0.3 is 50.6 Å². The third-order valence-electron chi connectivity index (χ3n) is 10.7. The molecule has 3 aromatic carbocycles. The van der Waals surface area contributed by atoms with Crippen molar-refractivity contribution in [3.05, 3.63) is 106 Å². The molecule has 0 spiro atoms. The van der Waals surface area contributed by atoms with Crippen LogP contribution in [-0.4, -0.2) is 97.3 Å². The zero-order valence-electron chi connectivity index (χ0n) is 36.5. The molecule has 1 aliphatic heterocycles. The van der Waals surface area contributed by atoms with Gasteiger partial charge in [-0.15, -0.1) is 0 Å². The number of piperazine rings is 1. The van der Waals surface area contributed by atoms with Gasteiger partial charge in [-0.25, -0.2) is 23.6 Å². The van der Waals surface area contributed by atoms with E-state index in [1.165, 1.54) is 17.2 Å². The molecule has 1 saturated heterocycles. The molecule has 2 atom stereocenters. The minimum atomic E-state index is -1.91. The number of alkyl carbamates (subject to hydrolysis) is 1. The van der Waals surface area contributed by atoms with Crippen molar-refractivity contribution >= 4 is 66.2 Å². The second-order valence-corrected chi connectivity index (χ2v) is 22.4. The number of nitrogens with one attached hydrogen (secondary N) is 3. The predicted molar refractivity (Wildman–Crippen MR) is 241 cm³/mol. The van der Waals surface area contributed by atoms with Crippen molar-refractivity contribution in [2.24, 2.45) is 11.7 Å². The molecular formula is C45H56FN7O10Si. The number of ether oxygens (including phenoxy) is 2. The number of ketones is 1. The summed E-state index contributed by atoms with van der Waals surface area (Å²) in [7, 11) is -1.91. The first-order chi connectivity index (χ1) is 30.4. The number of carboxylic acids is 1. The lowest BCUT2D eigenvalue weighted by Crippen LogP contribution is -2.49. The lowest BCUT2D eigenvalue weighted by Gasteiger charge is -2.35. The van der Waals surface area contributed by atoms with Gasteiger partial charge in [0.05, 0.1) is 17.2 Å². The number of carboxylic acid groups (broad SMARTS) is 1. The van der Waals surface area contributed by atoms with Crippen LogP contribution in [0.3, 0.4) is 0 Å². The second-order valence-electron chi connectivity index (χ2n) is 16.8. The van der Waals surface area contributed by atoms with Crippen molar-refractivity contribution < 1.29 is 47.7 Å². The van der Waals surface area contributed by atoms with Gasteiger partial charge in [0.15, 0.2) is 5.78 Å². The fourth-order valence-electron chi connectivity index (χ4n) is 7.39. The van der Waals surface area contributed by atoms with Crippen LogP contribution in [0, 0.1) is 11.7 Å². The maximum atomic E-state index is 15.4. The van der Waals surface area contributed by atoms with E-state index >= 15 is 4.39 Å². The molecule has 1 fully saturated rings. The van der Waals surface area contributed by atoms with Crippen LogP contribution >= 0.6 is 0 Å². The van der Waals surface area contributed by atoms with Gasteiger partial charge in [0.25, 0.3) is 0 Å². The molecule has 5 amide bonds. The Morgan fingerprint density at radius 2 is 1.56 bits per heavy atom. The van der Waals surface area contributed by atoms with Crippen LogP contribution in [-0.2, 0) is 38.8 Å². The molecule has 0 radical (unpaired) electrons. The highest BCUT2D eigenvalue weighted by molar-refractivity contribution is 6.76. The molecule has 6 N–H and O–H groups in total. The molecule has 17 nitrogen and oxygen atoms in total. The number of hydrogen-bond acceptors (Lipinski definition) is 10. The summed E-state index contributed by atoms with van der Waals surface area (Å²) in [4.78, 5) is 92.3. The number of hydrogen-bond donors (Lipinski definition) is 5. The topological polar surface area (TPSA) is 232 Å². The Balaban J connectivity index is 1.16. The highest BCUT2D eigenvalue weighted by Crippen LogP contribution is 2.27. The number of anilines is 2. The number of primary amides is 1. The smallest absolute Gasteiger partial charge is 0.410 e. The van der Waals surface area contributed by atoms with Crippen LogP contribution < -0.4 is 32.0 Å². The van der Waals surface area contributed by atoms with Gasteiger partial charge in [0, 0.05) is 77.0 Å². The Hall–Kier alpha value is -6.76. The number of rotatable bonds is 19. The Morgan fingerprint density at radius 1 is 0.906 bits per heavy atom. The number of halogens is 1. The van der Waals surface area contributed by atoms with Gasteiger partial charge in [-0.2, -0.15) is 0 Å². The van der Waals surface area contributed by atoms with E-state index in [1.54, 1.807) is 40.7 Å². The predicted octanol–water partition coefficient (Wildman–Crippen LogP) is 5.91.